The van der Waals surface area contributed by atoms with Crippen molar-refractivity contribution < 1.29 is 19.1 Å². The molecule has 0 unspecified atom stereocenters. The lowest BCUT2D eigenvalue weighted by molar-refractivity contribution is -0.144. The number of nitrogens with one attached hydrogen (secondary N) is 1. The number of aryl methyl sites for hydroxylation is 2. The molecule has 116 valence electrons. The van der Waals surface area contributed by atoms with Crippen LogP contribution in [0.2, 0.25) is 0 Å². The van der Waals surface area contributed by atoms with Crippen molar-refractivity contribution in [1.29, 1.82) is 0 Å². The number of imide groups is 1. The van der Waals surface area contributed by atoms with E-state index < -0.39 is 17.8 Å². The smallest absolute Gasteiger partial charge is 0.310 e. The highest BCUT2D eigenvalue weighted by Gasteiger charge is 2.23. The summed E-state index contributed by atoms with van der Waals surface area (Å²) in [5.41, 5.74) is 3.49. The molecule has 0 fully saturated rings. The van der Waals surface area contributed by atoms with Crippen LogP contribution in [0, 0.1) is 0 Å². The van der Waals surface area contributed by atoms with Crippen molar-refractivity contribution in [1.82, 2.24) is 5.32 Å². The molecule has 5 nitrogen and oxygen atoms in total. The molecule has 22 heavy (non-hydrogen) atoms. The van der Waals surface area contributed by atoms with Crippen LogP contribution < -0.4 is 5.32 Å². The van der Waals surface area contributed by atoms with Crippen molar-refractivity contribution in [3.63, 3.8) is 0 Å². The second kappa shape index (κ2) is 7.02. The Morgan fingerprint density at radius 2 is 1.64 bits per heavy atom. The second-order valence-corrected chi connectivity index (χ2v) is 5.19. The Balaban J connectivity index is 1.95. The third-order valence-electron chi connectivity index (χ3n) is 3.50. The standard InChI is InChI=1S/C17H19NO4/c1-3-11-5-12(4-2)7-13(6-11)10-22-16(20)9-14-8-15(19)18-17(14)21/h5-8H,3-4,9-10H2,1-2H3,(H,18,19,21). The Morgan fingerprint density at radius 3 is 2.14 bits per heavy atom. The normalized spacial score (nSPS) is 13.8. The number of hydrogen-bond donors (Lipinski definition) is 1. The summed E-state index contributed by atoms with van der Waals surface area (Å²) in [5.74, 6) is -1.53. The van der Waals surface area contributed by atoms with Gasteiger partial charge in [-0.2, -0.15) is 0 Å². The first-order chi connectivity index (χ1) is 10.5. The zero-order valence-corrected chi connectivity index (χ0v) is 12.8. The molecule has 1 aliphatic heterocycles. The molecule has 0 aliphatic carbocycles. The van der Waals surface area contributed by atoms with E-state index in [1.54, 1.807) is 0 Å². The van der Waals surface area contributed by atoms with Gasteiger partial charge in [-0.05, 0) is 29.5 Å². The summed E-state index contributed by atoms with van der Waals surface area (Å²) in [6.07, 6.45) is 2.79. The van der Waals surface area contributed by atoms with Crippen LogP contribution in [0.5, 0.6) is 0 Å². The van der Waals surface area contributed by atoms with Gasteiger partial charge >= 0.3 is 5.97 Å². The van der Waals surface area contributed by atoms with E-state index in [1.165, 1.54) is 11.1 Å². The highest BCUT2D eigenvalue weighted by Crippen LogP contribution is 2.14. The van der Waals surface area contributed by atoms with Crippen molar-refractivity contribution in [3.8, 4) is 0 Å². The van der Waals surface area contributed by atoms with Gasteiger partial charge in [0.2, 0.25) is 0 Å². The molecule has 0 saturated heterocycles. The van der Waals surface area contributed by atoms with Gasteiger partial charge in [0.1, 0.15) is 6.61 Å². The average molecular weight is 301 g/mol. The average Bonchev–Trinajstić information content (AvgIpc) is 2.82. The molecule has 0 bridgehead atoms. The third kappa shape index (κ3) is 4.04. The number of rotatable bonds is 6. The lowest BCUT2D eigenvalue weighted by Gasteiger charge is -2.09. The molecule has 1 aromatic rings. The van der Waals surface area contributed by atoms with E-state index in [0.717, 1.165) is 24.5 Å². The maximum absolute atomic E-state index is 11.8. The molecule has 2 amide bonds. The fourth-order valence-electron chi connectivity index (χ4n) is 2.28. The predicted octanol–water partition coefficient (Wildman–Crippen LogP) is 1.83. The first kappa shape index (κ1) is 15.9. The largest absolute Gasteiger partial charge is 0.461 e. The number of hydrogen-bond acceptors (Lipinski definition) is 4. The summed E-state index contributed by atoms with van der Waals surface area (Å²) in [6, 6.07) is 6.17. The molecule has 2 rings (SSSR count). The summed E-state index contributed by atoms with van der Waals surface area (Å²) < 4.78 is 5.20. The molecule has 0 spiro atoms. The zero-order valence-electron chi connectivity index (χ0n) is 12.8. The molecule has 1 N–H and O–H groups in total. The Hall–Kier alpha value is -2.43. The highest BCUT2D eigenvalue weighted by atomic mass is 16.5. The van der Waals surface area contributed by atoms with Crippen LogP contribution in [-0.2, 0) is 38.6 Å². The summed E-state index contributed by atoms with van der Waals surface area (Å²) >= 11 is 0. The van der Waals surface area contributed by atoms with E-state index >= 15 is 0 Å². The fourth-order valence-corrected chi connectivity index (χ4v) is 2.28. The van der Waals surface area contributed by atoms with Crippen LogP contribution in [0.15, 0.2) is 29.8 Å². The van der Waals surface area contributed by atoms with Gasteiger partial charge in [0.05, 0.1) is 6.42 Å². The van der Waals surface area contributed by atoms with Gasteiger partial charge in [-0.25, -0.2) is 0 Å². The number of esters is 1. The van der Waals surface area contributed by atoms with Crippen LogP contribution in [0.1, 0.15) is 37.0 Å². The molecule has 1 heterocycles. The fraction of sp³-hybridized carbons (Fsp3) is 0.353. The van der Waals surface area contributed by atoms with Crippen LogP contribution in [0.3, 0.4) is 0 Å². The number of carbonyl (C=O) groups is 3. The first-order valence-electron chi connectivity index (χ1n) is 7.35. The minimum atomic E-state index is -0.525. The van der Waals surface area contributed by atoms with E-state index in [2.05, 4.69) is 25.2 Å². The lowest BCUT2D eigenvalue weighted by atomic mass is 10.0. The summed E-state index contributed by atoms with van der Waals surface area (Å²) in [5, 5.41) is 2.10. The van der Waals surface area contributed by atoms with Gasteiger partial charge in [-0.3, -0.25) is 19.7 Å². The summed E-state index contributed by atoms with van der Waals surface area (Å²) in [7, 11) is 0. The topological polar surface area (TPSA) is 72.5 Å². The Kier molecular flexibility index (Phi) is 5.09. The van der Waals surface area contributed by atoms with E-state index in [1.807, 2.05) is 12.1 Å². The molecule has 5 heteroatoms. The quantitative estimate of drug-likeness (QED) is 0.642. The van der Waals surface area contributed by atoms with Crippen molar-refractivity contribution in [2.75, 3.05) is 0 Å². The molecular formula is C17H19NO4. The van der Waals surface area contributed by atoms with Gasteiger partial charge in [-0.15, -0.1) is 0 Å². The molecule has 1 aromatic carbocycles. The molecule has 1 aliphatic rings. The van der Waals surface area contributed by atoms with Gasteiger partial charge in [0, 0.05) is 11.6 Å². The minimum Gasteiger partial charge on any atom is -0.461 e. The molecule has 0 radical (unpaired) electrons. The molecule has 0 atom stereocenters. The maximum atomic E-state index is 11.8. The Morgan fingerprint density at radius 1 is 1.05 bits per heavy atom. The van der Waals surface area contributed by atoms with Crippen LogP contribution in [-0.4, -0.2) is 17.8 Å². The lowest BCUT2D eigenvalue weighted by Crippen LogP contribution is -2.23. The minimum absolute atomic E-state index is 0.145. The zero-order chi connectivity index (χ0) is 16.1. The molecular weight excluding hydrogens is 282 g/mol. The monoisotopic (exact) mass is 301 g/mol. The Bertz CT molecular complexity index is 624. The summed E-state index contributed by atoms with van der Waals surface area (Å²) in [6.45, 7) is 4.32. The van der Waals surface area contributed by atoms with Crippen LogP contribution >= 0.6 is 0 Å². The third-order valence-corrected chi connectivity index (χ3v) is 3.50. The highest BCUT2D eigenvalue weighted by molar-refractivity contribution is 6.17. The number of benzene rings is 1. The second-order valence-electron chi connectivity index (χ2n) is 5.19. The van der Waals surface area contributed by atoms with Crippen molar-refractivity contribution >= 4 is 17.8 Å². The van der Waals surface area contributed by atoms with Gasteiger partial charge in [0.25, 0.3) is 11.8 Å². The van der Waals surface area contributed by atoms with Crippen LogP contribution in [0.4, 0.5) is 0 Å². The van der Waals surface area contributed by atoms with Gasteiger partial charge < -0.3 is 4.74 Å². The molecule has 0 aromatic heterocycles. The van der Waals surface area contributed by atoms with E-state index in [0.29, 0.717) is 0 Å². The van der Waals surface area contributed by atoms with Gasteiger partial charge in [0.15, 0.2) is 0 Å². The molecule has 0 saturated carbocycles. The summed E-state index contributed by atoms with van der Waals surface area (Å²) in [4.78, 5) is 34.1. The van der Waals surface area contributed by atoms with Gasteiger partial charge in [-0.1, -0.05) is 32.0 Å². The van der Waals surface area contributed by atoms with Crippen LogP contribution in [0.25, 0.3) is 0 Å². The van der Waals surface area contributed by atoms with Crippen molar-refractivity contribution in [2.24, 2.45) is 0 Å². The maximum Gasteiger partial charge on any atom is 0.310 e. The van der Waals surface area contributed by atoms with Crippen molar-refractivity contribution in [2.45, 2.75) is 39.7 Å². The van der Waals surface area contributed by atoms with Crippen molar-refractivity contribution in [3.05, 3.63) is 46.5 Å². The number of ether oxygens (including phenoxy) is 1. The predicted molar refractivity (Wildman–Crippen MR) is 80.8 cm³/mol. The van der Waals surface area contributed by atoms with E-state index in [4.69, 9.17) is 4.74 Å². The number of carbonyl (C=O) groups excluding carboxylic acids is 3. The first-order valence-corrected chi connectivity index (χ1v) is 7.35. The van der Waals surface area contributed by atoms with E-state index in [-0.39, 0.29) is 18.6 Å². The Labute approximate surface area is 129 Å². The number of amides is 2. The SMILES string of the molecule is CCc1cc(CC)cc(COC(=O)CC2=CC(=O)NC2=O)c1. The van der Waals surface area contributed by atoms with E-state index in [9.17, 15) is 14.4 Å².